The molecule has 0 amide bonds. The molecule has 0 aromatic heterocycles. The van der Waals surface area contributed by atoms with Crippen LogP contribution in [-0.4, -0.2) is 8.42 Å². The van der Waals surface area contributed by atoms with Gasteiger partial charge in [-0.1, -0.05) is 15.9 Å². The zero-order valence-corrected chi connectivity index (χ0v) is 13.9. The Kier molecular flexibility index (Phi) is 4.36. The zero-order valence-electron chi connectivity index (χ0n) is 9.90. The molecule has 2 aromatic rings. The van der Waals surface area contributed by atoms with Crippen LogP contribution < -0.4 is 10.5 Å². The molecule has 0 saturated heterocycles. The molecule has 0 atom stereocenters. The molecule has 0 aliphatic carbocycles. The minimum Gasteiger partial charge on any atom is -0.399 e. The molecule has 4 nitrogen and oxygen atoms in total. The predicted molar refractivity (Wildman–Crippen MR) is 83.5 cm³/mol. The molecule has 106 valence electrons. The quantitative estimate of drug-likeness (QED) is 0.738. The van der Waals surface area contributed by atoms with E-state index in [1.807, 2.05) is 0 Å². The average molecular weight is 424 g/mol. The van der Waals surface area contributed by atoms with Crippen molar-refractivity contribution in [3.63, 3.8) is 0 Å². The SMILES string of the molecule is Nc1ccc(F)c(S(=O)(=O)Nc2ccc(Br)cc2Br)c1. The Morgan fingerprint density at radius 1 is 1.10 bits per heavy atom. The second kappa shape index (κ2) is 5.71. The van der Waals surface area contributed by atoms with Crippen molar-refractivity contribution in [1.29, 1.82) is 0 Å². The summed E-state index contributed by atoms with van der Waals surface area (Å²) in [5.41, 5.74) is 5.96. The number of nitrogen functional groups attached to an aromatic ring is 1. The van der Waals surface area contributed by atoms with Crippen LogP contribution in [-0.2, 0) is 10.0 Å². The number of sulfonamides is 1. The van der Waals surface area contributed by atoms with Gasteiger partial charge in [-0.2, -0.15) is 0 Å². The standard InChI is InChI=1S/C12H9Br2FN2O2S/c13-7-1-4-11(9(14)5-7)17-20(18,19)12-6-8(16)2-3-10(12)15/h1-6,17H,16H2. The largest absolute Gasteiger partial charge is 0.399 e. The molecule has 0 radical (unpaired) electrons. The second-order valence-corrected chi connectivity index (χ2v) is 7.34. The second-order valence-electron chi connectivity index (χ2n) is 3.92. The summed E-state index contributed by atoms with van der Waals surface area (Å²) in [7, 11) is -4.05. The highest BCUT2D eigenvalue weighted by atomic mass is 79.9. The Labute approximate surface area is 132 Å². The summed E-state index contributed by atoms with van der Waals surface area (Å²) >= 11 is 6.49. The average Bonchev–Trinajstić information content (AvgIpc) is 2.35. The van der Waals surface area contributed by atoms with Crippen molar-refractivity contribution in [2.75, 3.05) is 10.5 Å². The maximum Gasteiger partial charge on any atom is 0.264 e. The lowest BCUT2D eigenvalue weighted by Gasteiger charge is -2.11. The van der Waals surface area contributed by atoms with Crippen LogP contribution in [0.15, 0.2) is 50.2 Å². The van der Waals surface area contributed by atoms with E-state index in [2.05, 4.69) is 36.6 Å². The summed E-state index contributed by atoms with van der Waals surface area (Å²) in [5, 5.41) is 0. The van der Waals surface area contributed by atoms with Crippen LogP contribution in [0, 0.1) is 5.82 Å². The van der Waals surface area contributed by atoms with Crippen LogP contribution in [0.3, 0.4) is 0 Å². The fourth-order valence-electron chi connectivity index (χ4n) is 1.50. The molecule has 2 rings (SSSR count). The highest BCUT2D eigenvalue weighted by Crippen LogP contribution is 2.29. The van der Waals surface area contributed by atoms with Gasteiger partial charge in [-0.25, -0.2) is 12.8 Å². The first kappa shape index (κ1) is 15.3. The molecule has 0 bridgehead atoms. The third-order valence-electron chi connectivity index (χ3n) is 2.42. The Hall–Kier alpha value is -1.12. The van der Waals surface area contributed by atoms with E-state index in [9.17, 15) is 12.8 Å². The van der Waals surface area contributed by atoms with E-state index in [-0.39, 0.29) is 5.69 Å². The van der Waals surface area contributed by atoms with Crippen LogP contribution in [0.1, 0.15) is 0 Å². The van der Waals surface area contributed by atoms with Crippen molar-refractivity contribution in [3.05, 3.63) is 51.2 Å². The molecule has 0 aliphatic heterocycles. The van der Waals surface area contributed by atoms with Crippen molar-refractivity contribution in [3.8, 4) is 0 Å². The van der Waals surface area contributed by atoms with Crippen LogP contribution in [0.2, 0.25) is 0 Å². The summed E-state index contributed by atoms with van der Waals surface area (Å²) in [5.74, 6) is -0.861. The molecule has 0 heterocycles. The summed E-state index contributed by atoms with van der Waals surface area (Å²) in [6.45, 7) is 0. The number of nitrogens with one attached hydrogen (secondary N) is 1. The predicted octanol–water partition coefficient (Wildman–Crippen LogP) is 3.73. The molecule has 0 aliphatic rings. The normalized spacial score (nSPS) is 11.3. The lowest BCUT2D eigenvalue weighted by atomic mass is 10.3. The minimum atomic E-state index is -4.05. The minimum absolute atomic E-state index is 0.168. The number of halogens is 3. The van der Waals surface area contributed by atoms with Gasteiger partial charge in [0.15, 0.2) is 0 Å². The Balaban J connectivity index is 2.43. The van der Waals surface area contributed by atoms with E-state index in [1.165, 1.54) is 6.07 Å². The van der Waals surface area contributed by atoms with E-state index >= 15 is 0 Å². The molecule has 0 unspecified atom stereocenters. The molecule has 3 N–H and O–H groups in total. The van der Waals surface area contributed by atoms with Crippen molar-refractivity contribution in [2.24, 2.45) is 0 Å². The van der Waals surface area contributed by atoms with Gasteiger partial charge in [0.1, 0.15) is 10.7 Å². The first-order valence-electron chi connectivity index (χ1n) is 5.32. The van der Waals surface area contributed by atoms with Crippen molar-refractivity contribution >= 4 is 53.3 Å². The van der Waals surface area contributed by atoms with Crippen LogP contribution >= 0.6 is 31.9 Å². The van der Waals surface area contributed by atoms with E-state index in [4.69, 9.17) is 5.73 Å². The van der Waals surface area contributed by atoms with Crippen molar-refractivity contribution in [1.82, 2.24) is 0 Å². The zero-order chi connectivity index (χ0) is 14.9. The number of hydrogen-bond donors (Lipinski definition) is 2. The molecule has 8 heteroatoms. The fraction of sp³-hybridized carbons (Fsp3) is 0. The molecule has 20 heavy (non-hydrogen) atoms. The van der Waals surface area contributed by atoms with Crippen molar-refractivity contribution in [2.45, 2.75) is 4.90 Å². The van der Waals surface area contributed by atoms with Gasteiger partial charge in [0, 0.05) is 14.6 Å². The summed E-state index contributed by atoms with van der Waals surface area (Å²) in [4.78, 5) is -0.493. The third-order valence-corrected chi connectivity index (χ3v) is 4.95. The van der Waals surface area contributed by atoms with Crippen molar-refractivity contribution < 1.29 is 12.8 Å². The number of anilines is 2. The van der Waals surface area contributed by atoms with E-state index in [0.717, 1.165) is 16.6 Å². The number of rotatable bonds is 3. The van der Waals surface area contributed by atoms with Crippen LogP contribution in [0.4, 0.5) is 15.8 Å². The Bertz CT molecular complexity index is 766. The first-order chi connectivity index (χ1) is 9.29. The van der Waals surface area contributed by atoms with Gasteiger partial charge in [-0.3, -0.25) is 4.72 Å². The molecular formula is C12H9Br2FN2O2S. The van der Waals surface area contributed by atoms with Gasteiger partial charge in [0.25, 0.3) is 10.0 Å². The summed E-state index contributed by atoms with van der Waals surface area (Å²) in [6, 6.07) is 8.27. The maximum absolute atomic E-state index is 13.6. The van der Waals surface area contributed by atoms with E-state index < -0.39 is 20.7 Å². The summed E-state index contributed by atoms with van der Waals surface area (Å²) < 4.78 is 41.6. The Morgan fingerprint density at radius 3 is 2.45 bits per heavy atom. The Morgan fingerprint density at radius 2 is 1.80 bits per heavy atom. The van der Waals surface area contributed by atoms with Gasteiger partial charge in [-0.15, -0.1) is 0 Å². The lowest BCUT2D eigenvalue weighted by Crippen LogP contribution is -2.15. The van der Waals surface area contributed by atoms with E-state index in [1.54, 1.807) is 18.2 Å². The monoisotopic (exact) mass is 422 g/mol. The van der Waals surface area contributed by atoms with Gasteiger partial charge < -0.3 is 5.73 Å². The molecule has 0 saturated carbocycles. The molecule has 0 spiro atoms. The van der Waals surface area contributed by atoms with Crippen LogP contribution in [0.5, 0.6) is 0 Å². The molecule has 0 fully saturated rings. The van der Waals surface area contributed by atoms with Gasteiger partial charge in [0.05, 0.1) is 5.69 Å². The van der Waals surface area contributed by atoms with E-state index in [0.29, 0.717) is 10.2 Å². The number of hydrogen-bond acceptors (Lipinski definition) is 3. The third kappa shape index (κ3) is 3.31. The number of benzene rings is 2. The molecule has 2 aromatic carbocycles. The maximum atomic E-state index is 13.6. The lowest BCUT2D eigenvalue weighted by molar-refractivity contribution is 0.570. The summed E-state index contributed by atoms with van der Waals surface area (Å²) in [6.07, 6.45) is 0. The fourth-order valence-corrected chi connectivity index (χ4v) is 3.97. The smallest absolute Gasteiger partial charge is 0.264 e. The molecular weight excluding hydrogens is 415 g/mol. The van der Waals surface area contributed by atoms with Crippen LogP contribution in [0.25, 0.3) is 0 Å². The highest BCUT2D eigenvalue weighted by molar-refractivity contribution is 9.11. The first-order valence-corrected chi connectivity index (χ1v) is 8.39. The van der Waals surface area contributed by atoms with Gasteiger partial charge >= 0.3 is 0 Å². The van der Waals surface area contributed by atoms with Gasteiger partial charge in [0.2, 0.25) is 0 Å². The van der Waals surface area contributed by atoms with Gasteiger partial charge in [-0.05, 0) is 52.3 Å². The topological polar surface area (TPSA) is 72.2 Å². The number of nitrogens with two attached hydrogens (primary N) is 1. The highest BCUT2D eigenvalue weighted by Gasteiger charge is 2.20.